The van der Waals surface area contributed by atoms with E-state index < -0.39 is 201 Å². The highest BCUT2D eigenvalue weighted by Gasteiger charge is 2.53. The summed E-state index contributed by atoms with van der Waals surface area (Å²) in [4.78, 5) is 65.2. The number of aliphatic carboxylic acids is 1. The fourth-order valence-corrected chi connectivity index (χ4v) is 14.1. The van der Waals surface area contributed by atoms with Gasteiger partial charge in [-0.1, -0.05) is 49.6 Å². The zero-order valence-electron chi connectivity index (χ0n) is 57.7. The van der Waals surface area contributed by atoms with E-state index in [-0.39, 0.29) is 91.7 Å². The summed E-state index contributed by atoms with van der Waals surface area (Å²) in [5.74, 6) is -4.77. The van der Waals surface area contributed by atoms with Gasteiger partial charge < -0.3 is 125 Å². The fourth-order valence-electron chi connectivity index (χ4n) is 14.1. The first kappa shape index (κ1) is 80.8. The Morgan fingerprint density at radius 3 is 1.91 bits per heavy atom. The maximum atomic E-state index is 14.1. The predicted molar refractivity (Wildman–Crippen MR) is 352 cm³/mol. The van der Waals surface area contributed by atoms with Crippen LogP contribution >= 0.6 is 0 Å². The van der Waals surface area contributed by atoms with Gasteiger partial charge in [-0.3, -0.25) is 28.7 Å². The molecule has 3 aliphatic carbocycles. The van der Waals surface area contributed by atoms with Crippen molar-refractivity contribution in [2.45, 2.75) is 252 Å². The van der Waals surface area contributed by atoms with Crippen LogP contribution in [0.5, 0.6) is 11.5 Å². The molecule has 6 aliphatic rings. The highest BCUT2D eigenvalue weighted by atomic mass is 16.7. The van der Waals surface area contributed by atoms with Crippen LogP contribution in [0, 0.1) is 12.8 Å². The molecule has 4 fully saturated rings. The van der Waals surface area contributed by atoms with Crippen molar-refractivity contribution in [3.63, 3.8) is 0 Å². The number of aromatic nitrogens is 3. The number of rotatable bonds is 35. The van der Waals surface area contributed by atoms with Crippen LogP contribution in [0.3, 0.4) is 0 Å². The number of amides is 2. The topological polar surface area (TPSA) is 545 Å². The van der Waals surface area contributed by atoms with Crippen LogP contribution in [0.15, 0.2) is 29.5 Å². The first-order chi connectivity index (χ1) is 49.2. The standard InChI is InChI=1S/C68H99N7O28/c1-32-14-13-15-36-47(32)55(86)50-49(52(36)83)53(84)37-24-68(94,25-39(48(37)56(50)87)100-35-22-33(2)51(82)38(69)23-35)43(29-77)72-73-45(79)17-7-4-10-19-75-27-34(71-74-75)26-70-44(78)16-8-5-11-20-97-64-42(31-98-66-60(91)57(88)54(85)40(28-76)101-66)103-67(62(93)59(64)90)99-30-41-63(58(89)61(92)65(95-3)102-41)96-21-12-6-9-18-46(80)81/h13-15,27,33,35,38-42,51,54,57-67,76-77,82,84-85,87-94H,4-12,16-26,28-31,69H2,1-3H3,(H,70,78)(H,73,79)(H,80,81)/b72-43+. The maximum Gasteiger partial charge on any atom is 0.303 e. The Hall–Kier alpha value is -6.24. The number of nitrogens with two attached hydrogens (primary N) is 1. The van der Waals surface area contributed by atoms with Gasteiger partial charge in [0.25, 0.3) is 0 Å². The Kier molecular flexibility index (Phi) is 28.9. The lowest BCUT2D eigenvalue weighted by molar-refractivity contribution is -0.345. The monoisotopic (exact) mass is 1460 g/mol. The molecule has 21 unspecified atom stereocenters. The second kappa shape index (κ2) is 36.8. The number of ketones is 2. The van der Waals surface area contributed by atoms with Gasteiger partial charge in [-0.2, -0.15) is 5.10 Å². The molecule has 0 bridgehead atoms. The minimum Gasteiger partial charge on any atom is -0.507 e. The Balaban J connectivity index is 0.715. The Morgan fingerprint density at radius 1 is 0.699 bits per heavy atom. The van der Waals surface area contributed by atoms with E-state index in [1.165, 1.54) is 13.2 Å². The number of carbonyl (C=O) groups is 5. The molecule has 103 heavy (non-hydrogen) atoms. The van der Waals surface area contributed by atoms with Crippen molar-refractivity contribution in [2.75, 3.05) is 46.8 Å². The molecular weight excluding hydrogens is 1360 g/mol. The number of methoxy groups -OCH3 is 1. The van der Waals surface area contributed by atoms with Crippen LogP contribution < -0.4 is 16.5 Å². The van der Waals surface area contributed by atoms with Crippen molar-refractivity contribution in [2.24, 2.45) is 16.8 Å². The molecule has 2 aromatic carbocycles. The lowest BCUT2D eigenvalue weighted by Crippen LogP contribution is -2.63. The van der Waals surface area contributed by atoms with Crippen LogP contribution in [0.4, 0.5) is 0 Å². The smallest absolute Gasteiger partial charge is 0.303 e. The van der Waals surface area contributed by atoms with Crippen molar-refractivity contribution in [1.29, 1.82) is 0 Å². The third-order valence-electron chi connectivity index (χ3n) is 19.9. The molecule has 1 saturated carbocycles. The number of hydrogen-bond donors (Lipinski definition) is 17. The number of hydrogen-bond acceptors (Lipinski definition) is 31. The maximum absolute atomic E-state index is 14.1. The summed E-state index contributed by atoms with van der Waals surface area (Å²) in [6, 6.07) is 4.00. The number of phenolic OH excluding ortho intramolecular Hbond substituents is 2. The van der Waals surface area contributed by atoms with E-state index in [1.54, 1.807) is 36.9 Å². The summed E-state index contributed by atoms with van der Waals surface area (Å²) < 4.78 is 54.4. The molecule has 3 aliphatic heterocycles. The average molecular weight is 1460 g/mol. The number of aryl methyl sites for hydroxylation is 2. The molecule has 0 spiro atoms. The number of aliphatic hydroxyl groups is 11. The number of phenols is 2. The highest BCUT2D eigenvalue weighted by molar-refractivity contribution is 6.31. The molecule has 35 nitrogen and oxygen atoms in total. The summed E-state index contributed by atoms with van der Waals surface area (Å²) in [7, 11) is 1.24. The largest absolute Gasteiger partial charge is 0.507 e. The third-order valence-corrected chi connectivity index (χ3v) is 19.9. The van der Waals surface area contributed by atoms with E-state index in [0.717, 1.165) is 0 Å². The predicted octanol–water partition coefficient (Wildman–Crippen LogP) is -2.32. The van der Waals surface area contributed by atoms with Crippen LogP contribution in [0.1, 0.15) is 164 Å². The van der Waals surface area contributed by atoms with Gasteiger partial charge in [0.2, 0.25) is 11.8 Å². The summed E-state index contributed by atoms with van der Waals surface area (Å²) in [6.45, 7) is 1.33. The van der Waals surface area contributed by atoms with E-state index in [2.05, 4.69) is 26.2 Å². The minimum atomic E-state index is -2.14. The van der Waals surface area contributed by atoms with Gasteiger partial charge in [-0.05, 0) is 69.8 Å². The van der Waals surface area contributed by atoms with Crippen LogP contribution in [0.25, 0.3) is 0 Å². The molecule has 4 heterocycles. The number of carboxylic acids is 1. The summed E-state index contributed by atoms with van der Waals surface area (Å²) in [6.07, 6.45) is -20.1. The van der Waals surface area contributed by atoms with Gasteiger partial charge in [-0.15, -0.1) is 5.10 Å². The second-order valence-corrected chi connectivity index (χ2v) is 27.4. The number of nitrogens with one attached hydrogen (secondary N) is 2. The molecule has 574 valence electrons. The lowest BCUT2D eigenvalue weighted by Gasteiger charge is -2.45. The zero-order chi connectivity index (χ0) is 74.6. The molecule has 9 rings (SSSR count). The molecule has 18 N–H and O–H groups in total. The summed E-state index contributed by atoms with van der Waals surface area (Å²) in [5.41, 5.74) is 6.25. The van der Waals surface area contributed by atoms with Crippen molar-refractivity contribution in [1.82, 2.24) is 25.7 Å². The SMILES string of the molecule is COC1OC(COC2OC(COC3OC(CO)C(O)C(O)C3O)C(OCCCCCC(=O)NCc3cn(CCCCCC(=O)N/N=C(\CO)C4(O)Cc5c(O)c6c(c(O)c5C(OC5CC(C)C(O)C(N)C5)C4)C(=O)c4c(C)cccc4C6=O)nn3)C(O)C2O)C(OCCCCCC(=O)O)C(O)C1O. The third kappa shape index (κ3) is 19.3. The first-order valence-corrected chi connectivity index (χ1v) is 35.0. The zero-order valence-corrected chi connectivity index (χ0v) is 57.7. The number of unbranched alkanes of at least 4 members (excludes halogenated alkanes) is 6. The normalized spacial score (nSPS) is 32.4. The molecular formula is C68H99N7O28. The number of hydrazone groups is 1. The van der Waals surface area contributed by atoms with Gasteiger partial charge >= 0.3 is 5.97 Å². The Labute approximate surface area is 592 Å². The lowest BCUT2D eigenvalue weighted by atomic mass is 9.71. The summed E-state index contributed by atoms with van der Waals surface area (Å²) >= 11 is 0. The highest BCUT2D eigenvalue weighted by Crippen LogP contribution is 2.53. The average Bonchev–Trinajstić information content (AvgIpc) is 0.802. The van der Waals surface area contributed by atoms with E-state index in [1.807, 2.05) is 0 Å². The van der Waals surface area contributed by atoms with Gasteiger partial charge in [0.15, 0.2) is 30.4 Å². The molecule has 21 atom stereocenters. The Morgan fingerprint density at radius 2 is 1.29 bits per heavy atom. The van der Waals surface area contributed by atoms with E-state index in [9.17, 15) is 90.4 Å². The molecule has 2 amide bonds. The van der Waals surface area contributed by atoms with Crippen LogP contribution in [-0.4, -0.2) is 284 Å². The number of ether oxygens (including phenoxy) is 9. The molecule has 35 heteroatoms. The molecule has 3 aromatic rings. The number of carbonyl (C=O) groups excluding carboxylic acids is 4. The van der Waals surface area contributed by atoms with Crippen LogP contribution in [0.2, 0.25) is 0 Å². The Bertz CT molecular complexity index is 3390. The number of nitrogens with zero attached hydrogens (tertiary/aromatic N) is 4. The van der Waals surface area contributed by atoms with E-state index in [0.29, 0.717) is 82.0 Å². The van der Waals surface area contributed by atoms with Crippen LogP contribution in [-0.2, 0) is 76.5 Å². The van der Waals surface area contributed by atoms with Gasteiger partial charge in [-0.25, -0.2) is 5.43 Å². The number of benzene rings is 2. The number of aromatic hydroxyl groups is 2. The minimum absolute atomic E-state index is 0.00896. The number of fused-ring (bicyclic) bond motifs is 3. The van der Waals surface area contributed by atoms with Gasteiger partial charge in [0, 0.05) is 87.3 Å². The second-order valence-electron chi connectivity index (χ2n) is 27.4. The van der Waals surface area contributed by atoms with E-state index in [4.69, 9.17) is 53.5 Å². The first-order valence-electron chi connectivity index (χ1n) is 35.0. The number of aliphatic hydroxyl groups excluding tert-OH is 10. The molecule has 3 saturated heterocycles. The quantitative estimate of drug-likeness (QED) is 0.00995. The van der Waals surface area contributed by atoms with Crippen molar-refractivity contribution < 1.29 is 138 Å². The van der Waals surface area contributed by atoms with E-state index >= 15 is 0 Å². The van der Waals surface area contributed by atoms with Crippen molar-refractivity contribution in [3.8, 4) is 11.5 Å². The number of carboxylic acid groups (broad SMARTS) is 1. The van der Waals surface area contributed by atoms with Crippen molar-refractivity contribution in [3.05, 3.63) is 69.0 Å². The van der Waals surface area contributed by atoms with Gasteiger partial charge in [0.05, 0.1) is 74.3 Å². The molecule has 1 aromatic heterocycles. The summed E-state index contributed by atoms with van der Waals surface area (Å²) in [5, 5.41) is 168. The molecule has 0 radical (unpaired) electrons. The van der Waals surface area contributed by atoms with Crippen molar-refractivity contribution >= 4 is 35.1 Å². The van der Waals surface area contributed by atoms with Gasteiger partial charge in [0.1, 0.15) is 96.0 Å². The fraction of sp³-hybridized carbons (Fsp3) is 0.706.